The molecule has 7 heteroatoms. The Kier molecular flexibility index (Phi) is 6.30. The Bertz CT molecular complexity index is 524. The first-order valence-corrected chi connectivity index (χ1v) is 7.21. The van der Waals surface area contributed by atoms with E-state index in [4.69, 9.17) is 33.7 Å². The number of nitrogens with two attached hydrogens (primary N) is 1. The summed E-state index contributed by atoms with van der Waals surface area (Å²) in [5.74, 6) is -0.732. The monoisotopic (exact) mass is 332 g/mol. The van der Waals surface area contributed by atoms with Crippen molar-refractivity contribution in [3.8, 4) is 0 Å². The van der Waals surface area contributed by atoms with Crippen LogP contribution >= 0.6 is 23.2 Å². The third-order valence-electron chi connectivity index (χ3n) is 2.63. The van der Waals surface area contributed by atoms with Crippen molar-refractivity contribution >= 4 is 40.8 Å². The zero-order valence-electron chi connectivity index (χ0n) is 12.1. The van der Waals surface area contributed by atoms with Crippen molar-refractivity contribution < 1.29 is 14.3 Å². The van der Waals surface area contributed by atoms with Gasteiger partial charge in [-0.2, -0.15) is 0 Å². The number of hydrogen-bond donors (Lipinski definition) is 2. The average molecular weight is 333 g/mol. The van der Waals surface area contributed by atoms with Gasteiger partial charge in [0, 0.05) is 6.54 Å². The summed E-state index contributed by atoms with van der Waals surface area (Å²) in [6.45, 7) is 5.94. The van der Waals surface area contributed by atoms with E-state index in [9.17, 15) is 9.59 Å². The summed E-state index contributed by atoms with van der Waals surface area (Å²) in [4.78, 5) is 23.7. The number of esters is 1. The Hall–Kier alpha value is -1.46. The molecule has 1 atom stereocenters. The number of carbonyl (C=O) groups excluding carboxylic acids is 2. The van der Waals surface area contributed by atoms with E-state index in [2.05, 4.69) is 5.32 Å². The Morgan fingerprint density at radius 3 is 2.43 bits per heavy atom. The van der Waals surface area contributed by atoms with Gasteiger partial charge >= 0.3 is 5.97 Å². The molecule has 0 aliphatic rings. The highest BCUT2D eigenvalue weighted by Gasteiger charge is 2.20. The lowest BCUT2D eigenvalue weighted by molar-refractivity contribution is -0.129. The number of hydrogen-bond acceptors (Lipinski definition) is 4. The number of amides is 1. The van der Waals surface area contributed by atoms with Gasteiger partial charge in [-0.25, -0.2) is 4.79 Å². The predicted molar refractivity (Wildman–Crippen MR) is 83.6 cm³/mol. The fourth-order valence-electron chi connectivity index (χ4n) is 1.46. The van der Waals surface area contributed by atoms with Crippen molar-refractivity contribution in [1.29, 1.82) is 0 Å². The maximum absolute atomic E-state index is 12.0. The third kappa shape index (κ3) is 5.10. The number of halogens is 2. The van der Waals surface area contributed by atoms with Gasteiger partial charge in [-0.05, 0) is 25.0 Å². The maximum atomic E-state index is 12.0. The molecule has 0 aliphatic heterocycles. The van der Waals surface area contributed by atoms with Crippen LogP contribution in [0.1, 0.15) is 31.1 Å². The predicted octanol–water partition coefficient (Wildman–Crippen LogP) is 2.89. The van der Waals surface area contributed by atoms with Gasteiger partial charge in [0.2, 0.25) is 0 Å². The van der Waals surface area contributed by atoms with Gasteiger partial charge in [0.15, 0.2) is 6.10 Å². The highest BCUT2D eigenvalue weighted by molar-refractivity contribution is 6.43. The van der Waals surface area contributed by atoms with Gasteiger partial charge in [-0.15, -0.1) is 0 Å². The zero-order valence-corrected chi connectivity index (χ0v) is 13.6. The second-order valence-corrected chi connectivity index (χ2v) is 5.83. The van der Waals surface area contributed by atoms with Gasteiger partial charge in [0.05, 0.1) is 21.3 Å². The van der Waals surface area contributed by atoms with Crippen LogP contribution in [0.2, 0.25) is 10.0 Å². The van der Waals surface area contributed by atoms with Crippen LogP contribution in [0.25, 0.3) is 0 Å². The van der Waals surface area contributed by atoms with E-state index in [1.807, 2.05) is 13.8 Å². The van der Waals surface area contributed by atoms with Crippen molar-refractivity contribution in [2.75, 3.05) is 12.3 Å². The highest BCUT2D eigenvalue weighted by atomic mass is 35.5. The number of anilines is 1. The Labute approximate surface area is 133 Å². The summed E-state index contributed by atoms with van der Waals surface area (Å²) in [5, 5.41) is 3.01. The van der Waals surface area contributed by atoms with Gasteiger partial charge in [-0.1, -0.05) is 37.0 Å². The number of nitrogen functional groups attached to an aromatic ring is 1. The molecule has 3 N–H and O–H groups in total. The van der Waals surface area contributed by atoms with E-state index < -0.39 is 12.1 Å². The van der Waals surface area contributed by atoms with Crippen LogP contribution in [0.15, 0.2) is 12.1 Å². The molecular weight excluding hydrogens is 315 g/mol. The molecule has 0 aliphatic carbocycles. The van der Waals surface area contributed by atoms with E-state index in [1.54, 1.807) is 0 Å². The molecule has 1 aromatic rings. The minimum absolute atomic E-state index is 0.144. The van der Waals surface area contributed by atoms with Crippen molar-refractivity contribution in [2.24, 2.45) is 5.92 Å². The molecule has 1 amide bonds. The molecule has 0 saturated carbocycles. The maximum Gasteiger partial charge on any atom is 0.339 e. The number of rotatable bonds is 5. The van der Waals surface area contributed by atoms with Crippen molar-refractivity contribution in [2.45, 2.75) is 26.9 Å². The highest BCUT2D eigenvalue weighted by Crippen LogP contribution is 2.29. The molecular formula is C14H18Cl2N2O3. The summed E-state index contributed by atoms with van der Waals surface area (Å²) < 4.78 is 5.07. The van der Waals surface area contributed by atoms with Crippen LogP contribution in [0.5, 0.6) is 0 Å². The summed E-state index contributed by atoms with van der Waals surface area (Å²) >= 11 is 11.7. The largest absolute Gasteiger partial charge is 0.449 e. The van der Waals surface area contributed by atoms with Crippen molar-refractivity contribution in [3.05, 3.63) is 27.7 Å². The number of carbonyl (C=O) groups is 2. The average Bonchev–Trinajstić information content (AvgIpc) is 2.41. The van der Waals surface area contributed by atoms with E-state index in [-0.39, 0.29) is 27.2 Å². The summed E-state index contributed by atoms with van der Waals surface area (Å²) in [7, 11) is 0. The smallest absolute Gasteiger partial charge is 0.339 e. The lowest BCUT2D eigenvalue weighted by Gasteiger charge is -2.15. The lowest BCUT2D eigenvalue weighted by atomic mass is 10.2. The van der Waals surface area contributed by atoms with Gasteiger partial charge in [0.1, 0.15) is 0 Å². The summed E-state index contributed by atoms with van der Waals surface area (Å²) in [5.41, 5.74) is 5.95. The van der Waals surface area contributed by atoms with Crippen molar-refractivity contribution in [1.82, 2.24) is 5.32 Å². The third-order valence-corrected chi connectivity index (χ3v) is 3.45. The molecule has 0 heterocycles. The topological polar surface area (TPSA) is 81.4 Å². The molecule has 0 fully saturated rings. The van der Waals surface area contributed by atoms with Crippen molar-refractivity contribution in [3.63, 3.8) is 0 Å². The molecule has 116 valence electrons. The standard InChI is InChI=1S/C14H18Cl2N2O3/c1-7(2)6-18-13(19)8(3)21-14(20)9-4-10(15)12(16)11(17)5-9/h4-5,7-8H,6,17H2,1-3H3,(H,18,19). The van der Waals surface area contributed by atoms with E-state index >= 15 is 0 Å². The van der Waals surface area contributed by atoms with Crippen LogP contribution in [-0.2, 0) is 9.53 Å². The molecule has 1 unspecified atom stereocenters. The number of ether oxygens (including phenoxy) is 1. The van der Waals surface area contributed by atoms with Gasteiger partial charge < -0.3 is 15.8 Å². The Morgan fingerprint density at radius 2 is 1.90 bits per heavy atom. The van der Waals surface area contributed by atoms with Crippen LogP contribution in [0.4, 0.5) is 5.69 Å². The first kappa shape index (κ1) is 17.6. The van der Waals surface area contributed by atoms with E-state index in [0.717, 1.165) is 0 Å². The van der Waals surface area contributed by atoms with Gasteiger partial charge in [-0.3, -0.25) is 4.79 Å². The van der Waals surface area contributed by atoms with Crippen LogP contribution in [0, 0.1) is 5.92 Å². The Balaban J connectivity index is 2.70. The molecule has 0 spiro atoms. The first-order valence-electron chi connectivity index (χ1n) is 6.45. The minimum Gasteiger partial charge on any atom is -0.449 e. The normalized spacial score (nSPS) is 12.1. The molecule has 1 rings (SSSR count). The molecule has 0 radical (unpaired) electrons. The first-order chi connectivity index (χ1) is 9.72. The quantitative estimate of drug-likeness (QED) is 0.641. The van der Waals surface area contributed by atoms with Gasteiger partial charge in [0.25, 0.3) is 5.91 Å². The summed E-state index contributed by atoms with van der Waals surface area (Å²) in [6, 6.07) is 2.70. The second kappa shape index (κ2) is 7.52. The molecule has 21 heavy (non-hydrogen) atoms. The van der Waals surface area contributed by atoms with Crippen LogP contribution in [-0.4, -0.2) is 24.5 Å². The minimum atomic E-state index is -0.910. The second-order valence-electron chi connectivity index (χ2n) is 5.05. The molecule has 0 bridgehead atoms. The molecule has 5 nitrogen and oxygen atoms in total. The molecule has 0 saturated heterocycles. The van der Waals surface area contributed by atoms with E-state index in [0.29, 0.717) is 12.5 Å². The Morgan fingerprint density at radius 1 is 1.29 bits per heavy atom. The lowest BCUT2D eigenvalue weighted by Crippen LogP contribution is -2.37. The fourth-order valence-corrected chi connectivity index (χ4v) is 1.79. The summed E-state index contributed by atoms with van der Waals surface area (Å²) in [6.07, 6.45) is -0.910. The molecule has 1 aromatic carbocycles. The van der Waals surface area contributed by atoms with Crippen LogP contribution in [0.3, 0.4) is 0 Å². The molecule has 0 aromatic heterocycles. The van der Waals surface area contributed by atoms with Crippen LogP contribution < -0.4 is 11.1 Å². The number of nitrogens with one attached hydrogen (secondary N) is 1. The fraction of sp³-hybridized carbons (Fsp3) is 0.429. The zero-order chi connectivity index (χ0) is 16.2. The number of benzene rings is 1. The van der Waals surface area contributed by atoms with E-state index in [1.165, 1.54) is 19.1 Å². The SMILES string of the molecule is CC(C)CNC(=O)C(C)OC(=O)c1cc(N)c(Cl)c(Cl)c1.